The van der Waals surface area contributed by atoms with E-state index < -0.39 is 36.4 Å². The van der Waals surface area contributed by atoms with E-state index in [-0.39, 0.29) is 11.8 Å². The van der Waals surface area contributed by atoms with Gasteiger partial charge in [0, 0.05) is 47.7 Å². The summed E-state index contributed by atoms with van der Waals surface area (Å²) in [6.07, 6.45) is -2.50. The number of aliphatic hydroxyl groups excluding tert-OH is 1. The van der Waals surface area contributed by atoms with E-state index in [1.165, 1.54) is 11.3 Å². The molecule has 1 fully saturated rings. The van der Waals surface area contributed by atoms with Crippen LogP contribution in [0.3, 0.4) is 0 Å². The van der Waals surface area contributed by atoms with Crippen LogP contribution in [-0.4, -0.2) is 62.4 Å². The summed E-state index contributed by atoms with van der Waals surface area (Å²) in [4.78, 5) is 32.8. The van der Waals surface area contributed by atoms with Crippen LogP contribution in [0.4, 0.5) is 4.79 Å². The van der Waals surface area contributed by atoms with Crippen molar-refractivity contribution in [1.29, 1.82) is 0 Å². The standard InChI is InChI=1S/C32H27N5O6S/c1-32-28(41-3)19(35(2)31(40)42-20-13-44-14-33-20)12-21(43-32)36-17-10-6-4-8-15(17)22-24-25(30(39)34-29(24)38)23-16-9-5-7-11-18(16)37(32)27(23)26(22)36/h4-11,13-14,19,21,28,30,39H,12H2,1-3H3,(H,34,38). The maximum Gasteiger partial charge on any atom is 0.416 e. The molecule has 3 aromatic carbocycles. The van der Waals surface area contributed by atoms with Crippen LogP contribution in [-0.2, 0) is 15.2 Å². The highest BCUT2D eigenvalue weighted by molar-refractivity contribution is 7.07. The first-order chi connectivity index (χ1) is 21.3. The number of carbonyl (C=O) groups is 2. The van der Waals surface area contributed by atoms with Crippen LogP contribution in [0, 0.1) is 0 Å². The van der Waals surface area contributed by atoms with E-state index in [0.29, 0.717) is 17.5 Å². The summed E-state index contributed by atoms with van der Waals surface area (Å²) in [6.45, 7) is 1.99. The predicted octanol–water partition coefficient (Wildman–Crippen LogP) is 5.21. The van der Waals surface area contributed by atoms with Crippen molar-refractivity contribution in [2.75, 3.05) is 14.2 Å². The number of aliphatic hydroxyl groups is 1. The molecule has 3 aliphatic heterocycles. The Morgan fingerprint density at radius 3 is 2.59 bits per heavy atom. The Kier molecular flexibility index (Phi) is 5.19. The molecule has 3 aliphatic rings. The van der Waals surface area contributed by atoms with E-state index >= 15 is 0 Å². The van der Waals surface area contributed by atoms with Gasteiger partial charge in [0.05, 0.1) is 44.6 Å². The fourth-order valence-electron chi connectivity index (χ4n) is 7.99. The lowest BCUT2D eigenvalue weighted by Crippen LogP contribution is -2.61. The number of methoxy groups -OCH3 is 1. The molecule has 0 saturated carbocycles. The highest BCUT2D eigenvalue weighted by atomic mass is 32.1. The molecule has 9 rings (SSSR count). The average molecular weight is 610 g/mol. The van der Waals surface area contributed by atoms with Crippen LogP contribution in [0.5, 0.6) is 5.88 Å². The number of para-hydroxylation sites is 2. The summed E-state index contributed by atoms with van der Waals surface area (Å²) in [5.74, 6) is -0.0721. The van der Waals surface area contributed by atoms with E-state index in [9.17, 15) is 14.7 Å². The number of aromatic nitrogens is 3. The van der Waals surface area contributed by atoms with Gasteiger partial charge in [-0.15, -0.1) is 11.3 Å². The monoisotopic (exact) mass is 609 g/mol. The third-order valence-electron chi connectivity index (χ3n) is 9.63. The van der Waals surface area contributed by atoms with Gasteiger partial charge in [-0.2, -0.15) is 0 Å². The number of benzene rings is 3. The lowest BCUT2D eigenvalue weighted by molar-refractivity contribution is -0.264. The quantitative estimate of drug-likeness (QED) is 0.283. The van der Waals surface area contributed by atoms with Gasteiger partial charge in [-0.05, 0) is 19.1 Å². The van der Waals surface area contributed by atoms with Gasteiger partial charge < -0.3 is 38.7 Å². The molecule has 0 spiro atoms. The fourth-order valence-corrected chi connectivity index (χ4v) is 8.44. The number of hydrogen-bond acceptors (Lipinski definition) is 8. The minimum atomic E-state index is -1.17. The largest absolute Gasteiger partial charge is 0.416 e. The van der Waals surface area contributed by atoms with Gasteiger partial charge in [-0.3, -0.25) is 4.79 Å². The van der Waals surface area contributed by atoms with Gasteiger partial charge in [0.2, 0.25) is 5.88 Å². The first-order valence-electron chi connectivity index (χ1n) is 14.4. The average Bonchev–Trinajstić information content (AvgIpc) is 3.78. The second-order valence-corrected chi connectivity index (χ2v) is 12.5. The van der Waals surface area contributed by atoms with Gasteiger partial charge in [-0.1, -0.05) is 36.4 Å². The van der Waals surface area contributed by atoms with Crippen molar-refractivity contribution in [1.82, 2.24) is 24.3 Å². The second kappa shape index (κ2) is 8.79. The van der Waals surface area contributed by atoms with Crippen molar-refractivity contribution in [3.63, 3.8) is 0 Å². The zero-order valence-electron chi connectivity index (χ0n) is 24.0. The van der Waals surface area contributed by atoms with E-state index in [0.717, 1.165) is 43.6 Å². The molecule has 0 aliphatic carbocycles. The zero-order chi connectivity index (χ0) is 30.1. The van der Waals surface area contributed by atoms with Crippen molar-refractivity contribution in [2.45, 2.75) is 43.7 Å². The molecule has 0 radical (unpaired) electrons. The number of thiazole rings is 1. The Labute approximate surface area is 254 Å². The normalized spacial score (nSPS) is 25.6. The van der Waals surface area contributed by atoms with Crippen molar-refractivity contribution >= 4 is 66.9 Å². The van der Waals surface area contributed by atoms with Crippen LogP contribution in [0.1, 0.15) is 41.7 Å². The van der Waals surface area contributed by atoms with E-state index in [2.05, 4.69) is 19.4 Å². The SMILES string of the molecule is COC1C(N(C)C(=O)Oc2cscn2)CC2OC1(C)n1c3ccccc3c3c4c(c5c6ccccc6n2c5c31)C(=O)NC4O. The number of carbonyl (C=O) groups excluding carboxylic acids is 2. The fraction of sp³-hybridized carbons (Fsp3) is 0.281. The first-order valence-corrected chi connectivity index (χ1v) is 15.3. The number of amides is 2. The van der Waals surface area contributed by atoms with E-state index in [1.54, 1.807) is 29.9 Å². The topological polar surface area (TPSA) is 120 Å². The number of hydrogen-bond donors (Lipinski definition) is 2. The molecule has 2 bridgehead atoms. The summed E-state index contributed by atoms with van der Waals surface area (Å²) in [5.41, 5.74) is 4.96. The molecular weight excluding hydrogens is 582 g/mol. The maximum absolute atomic E-state index is 13.6. The zero-order valence-corrected chi connectivity index (χ0v) is 24.8. The van der Waals surface area contributed by atoms with Crippen LogP contribution in [0.2, 0.25) is 0 Å². The maximum atomic E-state index is 13.6. The predicted molar refractivity (Wildman–Crippen MR) is 164 cm³/mol. The number of likely N-dealkylation sites (N-methyl/N-ethyl adjacent to an activating group) is 1. The first kappa shape index (κ1) is 26.0. The smallest absolute Gasteiger partial charge is 0.390 e. The van der Waals surface area contributed by atoms with Crippen molar-refractivity contribution in [2.24, 2.45) is 0 Å². The minimum absolute atomic E-state index is 0.242. The summed E-state index contributed by atoms with van der Waals surface area (Å²) >= 11 is 1.35. The van der Waals surface area contributed by atoms with E-state index in [1.807, 2.05) is 55.5 Å². The van der Waals surface area contributed by atoms with Gasteiger partial charge >= 0.3 is 6.09 Å². The Hall–Kier alpha value is -4.49. The molecule has 5 unspecified atom stereocenters. The van der Waals surface area contributed by atoms with Crippen molar-refractivity contribution in [3.05, 3.63) is 70.5 Å². The molecule has 5 atom stereocenters. The highest BCUT2D eigenvalue weighted by Gasteiger charge is 2.55. The summed E-state index contributed by atoms with van der Waals surface area (Å²) in [7, 11) is 3.33. The Bertz CT molecular complexity index is 2210. The van der Waals surface area contributed by atoms with Crippen molar-refractivity contribution in [3.8, 4) is 5.88 Å². The number of nitrogens with zero attached hydrogens (tertiary/aromatic N) is 4. The Balaban J connectivity index is 1.41. The second-order valence-electron chi connectivity index (χ2n) is 11.7. The molecule has 11 nitrogen and oxygen atoms in total. The third kappa shape index (κ3) is 3.08. The van der Waals surface area contributed by atoms with Gasteiger partial charge in [0.15, 0.2) is 12.0 Å². The van der Waals surface area contributed by atoms with Gasteiger partial charge in [-0.25, -0.2) is 9.78 Å². The van der Waals surface area contributed by atoms with Crippen LogP contribution >= 0.6 is 11.3 Å². The number of rotatable bonds is 3. The van der Waals surface area contributed by atoms with Gasteiger partial charge in [0.1, 0.15) is 12.3 Å². The minimum Gasteiger partial charge on any atom is -0.390 e. The molecule has 1 saturated heterocycles. The Morgan fingerprint density at radius 2 is 1.86 bits per heavy atom. The van der Waals surface area contributed by atoms with Crippen LogP contribution < -0.4 is 10.1 Å². The summed E-state index contributed by atoms with van der Waals surface area (Å²) < 4.78 is 23.3. The molecule has 2 N–H and O–H groups in total. The van der Waals surface area contributed by atoms with Gasteiger partial charge in [0.25, 0.3) is 5.91 Å². The molecule has 12 heteroatoms. The third-order valence-corrected chi connectivity index (χ3v) is 10.2. The number of nitrogens with one attached hydrogen (secondary N) is 1. The number of ether oxygens (including phenoxy) is 3. The van der Waals surface area contributed by atoms with Crippen molar-refractivity contribution < 1.29 is 28.9 Å². The number of fused-ring (bicyclic) bond motifs is 13. The lowest BCUT2D eigenvalue weighted by atomic mass is 9.92. The highest BCUT2D eigenvalue weighted by Crippen LogP contribution is 2.55. The van der Waals surface area contributed by atoms with Crippen LogP contribution in [0.25, 0.3) is 43.6 Å². The molecule has 6 aromatic rings. The van der Waals surface area contributed by atoms with Crippen LogP contribution in [0.15, 0.2) is 59.4 Å². The molecule has 3 aromatic heterocycles. The summed E-state index contributed by atoms with van der Waals surface area (Å²) in [5, 5.41) is 19.1. The summed E-state index contributed by atoms with van der Waals surface area (Å²) in [6, 6.07) is 15.4. The molecular formula is C32H27N5O6S. The molecule has 6 heterocycles. The molecule has 2 amide bonds. The van der Waals surface area contributed by atoms with E-state index in [4.69, 9.17) is 14.2 Å². The lowest BCUT2D eigenvalue weighted by Gasteiger charge is -2.50. The molecule has 44 heavy (non-hydrogen) atoms. The molecule has 222 valence electrons. The Morgan fingerprint density at radius 1 is 1.14 bits per heavy atom.